The van der Waals surface area contributed by atoms with Gasteiger partial charge in [-0.05, 0) is 31.5 Å². The van der Waals surface area contributed by atoms with Crippen LogP contribution in [-0.2, 0) is 14.3 Å². The van der Waals surface area contributed by atoms with E-state index in [0.29, 0.717) is 41.5 Å². The predicted molar refractivity (Wildman–Crippen MR) is 114 cm³/mol. The Hall–Kier alpha value is -3.32. The molecule has 3 rings (SSSR count). The van der Waals surface area contributed by atoms with Crippen molar-refractivity contribution < 1.29 is 23.8 Å². The van der Waals surface area contributed by atoms with Crippen molar-refractivity contribution in [2.75, 3.05) is 38.8 Å². The van der Waals surface area contributed by atoms with Gasteiger partial charge in [-0.1, -0.05) is 30.3 Å². The first-order valence-electron chi connectivity index (χ1n) is 9.92. The van der Waals surface area contributed by atoms with Crippen LogP contribution in [0.4, 0.5) is 5.69 Å². The monoisotopic (exact) mass is 410 g/mol. The van der Waals surface area contributed by atoms with Crippen LogP contribution in [0.1, 0.15) is 19.4 Å². The lowest BCUT2D eigenvalue weighted by molar-refractivity contribution is -0.137. The number of hydrogen-bond donors (Lipinski definition) is 1. The Balaban J connectivity index is 1.99. The molecule has 0 fully saturated rings. The lowest BCUT2D eigenvalue weighted by Crippen LogP contribution is -2.35. The number of amides is 2. The highest BCUT2D eigenvalue weighted by Crippen LogP contribution is 2.34. The minimum absolute atomic E-state index is 0.184. The molecule has 1 aliphatic rings. The summed E-state index contributed by atoms with van der Waals surface area (Å²) < 4.78 is 16.3. The van der Waals surface area contributed by atoms with E-state index in [9.17, 15) is 9.59 Å². The van der Waals surface area contributed by atoms with E-state index in [0.717, 1.165) is 0 Å². The van der Waals surface area contributed by atoms with E-state index in [4.69, 9.17) is 14.2 Å². The van der Waals surface area contributed by atoms with E-state index in [1.807, 2.05) is 44.2 Å². The van der Waals surface area contributed by atoms with E-state index >= 15 is 0 Å². The summed E-state index contributed by atoms with van der Waals surface area (Å²) in [6.45, 7) is 5.23. The van der Waals surface area contributed by atoms with Crippen LogP contribution >= 0.6 is 0 Å². The van der Waals surface area contributed by atoms with Crippen LogP contribution in [-0.4, -0.2) is 50.2 Å². The van der Waals surface area contributed by atoms with Gasteiger partial charge >= 0.3 is 0 Å². The van der Waals surface area contributed by atoms with Crippen molar-refractivity contribution in [1.82, 2.24) is 4.90 Å². The minimum Gasteiger partial charge on any atom is -0.490 e. The molecule has 0 aliphatic carbocycles. The summed E-state index contributed by atoms with van der Waals surface area (Å²) in [5, 5.41) is 3.14. The highest BCUT2D eigenvalue weighted by molar-refractivity contribution is 6.36. The second-order valence-electron chi connectivity index (χ2n) is 6.52. The Morgan fingerprint density at radius 3 is 2.27 bits per heavy atom. The van der Waals surface area contributed by atoms with Gasteiger partial charge < -0.3 is 19.5 Å². The third-order valence-electron chi connectivity index (χ3n) is 4.56. The summed E-state index contributed by atoms with van der Waals surface area (Å²) in [6, 6.07) is 14.5. The Kier molecular flexibility index (Phi) is 7.08. The van der Waals surface area contributed by atoms with Crippen molar-refractivity contribution in [3.63, 3.8) is 0 Å². The number of nitrogens with zero attached hydrogens (tertiary/aromatic N) is 1. The molecule has 158 valence electrons. The third kappa shape index (κ3) is 4.46. The molecule has 0 unspecified atom stereocenters. The molecule has 7 nitrogen and oxygen atoms in total. The number of ether oxygens (including phenoxy) is 3. The molecule has 30 heavy (non-hydrogen) atoms. The van der Waals surface area contributed by atoms with Gasteiger partial charge in [-0.3, -0.25) is 14.5 Å². The summed E-state index contributed by atoms with van der Waals surface area (Å²) in [7, 11) is 1.53. The lowest BCUT2D eigenvalue weighted by Gasteiger charge is -2.15. The topological polar surface area (TPSA) is 77.1 Å². The second kappa shape index (κ2) is 9.93. The first-order chi connectivity index (χ1) is 14.6. The largest absolute Gasteiger partial charge is 0.490 e. The second-order valence-corrected chi connectivity index (χ2v) is 6.52. The first kappa shape index (κ1) is 21.4. The van der Waals surface area contributed by atoms with Crippen molar-refractivity contribution in [3.8, 4) is 11.5 Å². The number of methoxy groups -OCH3 is 1. The molecule has 0 aromatic heterocycles. The standard InChI is InChI=1S/C23H26N2O5/c1-4-29-18-12-11-17(15-19(18)30-5-2)24-21-20(16-9-7-6-8-10-16)22(26)25(23(21)27)13-14-28-3/h6-12,15,24H,4-5,13-14H2,1-3H3. The highest BCUT2D eigenvalue weighted by atomic mass is 16.5. The minimum atomic E-state index is -0.386. The molecule has 2 aromatic rings. The quantitative estimate of drug-likeness (QED) is 0.606. The summed E-state index contributed by atoms with van der Waals surface area (Å²) in [6.07, 6.45) is 0. The van der Waals surface area contributed by atoms with Gasteiger partial charge in [0, 0.05) is 18.9 Å². The zero-order chi connectivity index (χ0) is 21.5. The Morgan fingerprint density at radius 1 is 0.900 bits per heavy atom. The fourth-order valence-corrected chi connectivity index (χ4v) is 3.22. The van der Waals surface area contributed by atoms with Crippen LogP contribution in [0.3, 0.4) is 0 Å². The maximum Gasteiger partial charge on any atom is 0.278 e. The van der Waals surface area contributed by atoms with Crippen LogP contribution in [0.15, 0.2) is 54.2 Å². The number of rotatable bonds is 10. The fourth-order valence-electron chi connectivity index (χ4n) is 3.22. The number of carbonyl (C=O) groups is 2. The molecule has 1 N–H and O–H groups in total. The van der Waals surface area contributed by atoms with Gasteiger partial charge in [-0.25, -0.2) is 0 Å². The summed E-state index contributed by atoms with van der Waals surface area (Å²) in [4.78, 5) is 27.3. The third-order valence-corrected chi connectivity index (χ3v) is 4.56. The summed E-state index contributed by atoms with van der Waals surface area (Å²) in [5.74, 6) is 0.460. The van der Waals surface area contributed by atoms with Gasteiger partial charge in [0.2, 0.25) is 0 Å². The molecule has 0 spiro atoms. The van der Waals surface area contributed by atoms with Crippen molar-refractivity contribution in [2.45, 2.75) is 13.8 Å². The molecular weight excluding hydrogens is 384 g/mol. The van der Waals surface area contributed by atoms with Crippen molar-refractivity contribution in [1.29, 1.82) is 0 Å². The van der Waals surface area contributed by atoms with Crippen LogP contribution in [0.25, 0.3) is 5.57 Å². The zero-order valence-electron chi connectivity index (χ0n) is 17.4. The normalized spacial score (nSPS) is 13.8. The first-order valence-corrected chi connectivity index (χ1v) is 9.92. The van der Waals surface area contributed by atoms with Gasteiger partial charge in [-0.15, -0.1) is 0 Å². The molecule has 0 atom stereocenters. The number of benzene rings is 2. The SMILES string of the molecule is CCOc1ccc(NC2=C(c3ccccc3)C(=O)N(CCOC)C2=O)cc1OCC. The van der Waals surface area contributed by atoms with Crippen molar-refractivity contribution in [3.05, 3.63) is 59.8 Å². The van der Waals surface area contributed by atoms with E-state index in [-0.39, 0.29) is 30.7 Å². The number of anilines is 1. The van der Waals surface area contributed by atoms with Crippen LogP contribution in [0.5, 0.6) is 11.5 Å². The molecule has 0 saturated carbocycles. The van der Waals surface area contributed by atoms with Crippen molar-refractivity contribution in [2.24, 2.45) is 0 Å². The molecule has 1 heterocycles. The van der Waals surface area contributed by atoms with Gasteiger partial charge in [-0.2, -0.15) is 0 Å². The highest BCUT2D eigenvalue weighted by Gasteiger charge is 2.38. The Labute approximate surface area is 176 Å². The van der Waals surface area contributed by atoms with Crippen LogP contribution < -0.4 is 14.8 Å². The smallest absolute Gasteiger partial charge is 0.278 e. The molecule has 7 heteroatoms. The molecule has 0 bridgehead atoms. The number of imide groups is 1. The molecule has 0 saturated heterocycles. The van der Waals surface area contributed by atoms with Gasteiger partial charge in [0.25, 0.3) is 11.8 Å². The molecule has 2 aromatic carbocycles. The number of carbonyl (C=O) groups excluding carboxylic acids is 2. The van der Waals surface area contributed by atoms with E-state index in [1.165, 1.54) is 12.0 Å². The Bertz CT molecular complexity index is 940. The van der Waals surface area contributed by atoms with Crippen LogP contribution in [0, 0.1) is 0 Å². The van der Waals surface area contributed by atoms with Gasteiger partial charge in [0.15, 0.2) is 11.5 Å². The van der Waals surface area contributed by atoms with E-state index in [1.54, 1.807) is 18.2 Å². The average molecular weight is 410 g/mol. The molecule has 0 radical (unpaired) electrons. The average Bonchev–Trinajstić information content (AvgIpc) is 2.98. The lowest BCUT2D eigenvalue weighted by atomic mass is 10.0. The maximum atomic E-state index is 13.1. The summed E-state index contributed by atoms with van der Waals surface area (Å²) >= 11 is 0. The molecular formula is C23H26N2O5. The molecule has 2 amide bonds. The summed E-state index contributed by atoms with van der Waals surface area (Å²) in [5.41, 5.74) is 1.87. The zero-order valence-corrected chi connectivity index (χ0v) is 17.4. The maximum absolute atomic E-state index is 13.1. The van der Waals surface area contributed by atoms with Crippen LogP contribution in [0.2, 0.25) is 0 Å². The Morgan fingerprint density at radius 2 is 1.60 bits per heavy atom. The van der Waals surface area contributed by atoms with Gasteiger partial charge in [0.05, 0.1) is 31.9 Å². The predicted octanol–water partition coefficient (Wildman–Crippen LogP) is 3.32. The van der Waals surface area contributed by atoms with Gasteiger partial charge in [0.1, 0.15) is 5.70 Å². The number of hydrogen-bond acceptors (Lipinski definition) is 6. The van der Waals surface area contributed by atoms with Crippen molar-refractivity contribution >= 4 is 23.1 Å². The number of nitrogens with one attached hydrogen (secondary N) is 1. The molecule has 1 aliphatic heterocycles. The van der Waals surface area contributed by atoms with E-state index in [2.05, 4.69) is 5.32 Å². The van der Waals surface area contributed by atoms with E-state index < -0.39 is 0 Å². The fraction of sp³-hybridized carbons (Fsp3) is 0.304.